The lowest BCUT2D eigenvalue weighted by Gasteiger charge is -2.11. The summed E-state index contributed by atoms with van der Waals surface area (Å²) in [6.45, 7) is 1.72. The van der Waals surface area contributed by atoms with Crippen LogP contribution < -0.4 is 14.2 Å². The number of carbonyl (C=O) groups is 2. The summed E-state index contributed by atoms with van der Waals surface area (Å²) in [7, 11) is 3.08. The molecule has 3 aromatic rings. The Kier molecular flexibility index (Phi) is 9.08. The number of hydrogen-bond donors (Lipinski definition) is 2. The SMILES string of the molecule is CCn1c(S/C(=C\c2cc(Cl)c(OCC(=O)O)c(Cl)c2)C(=O)O)nnc1-c1cc(OC)cc(OC)c1. The third-order valence-electron chi connectivity index (χ3n) is 4.71. The largest absolute Gasteiger partial charge is 0.497 e. The maximum absolute atomic E-state index is 12.0. The van der Waals surface area contributed by atoms with Crippen LogP contribution in [0.5, 0.6) is 17.2 Å². The molecule has 1 aromatic heterocycles. The fraction of sp³-hybridized carbons (Fsp3) is 0.217. The van der Waals surface area contributed by atoms with E-state index in [2.05, 4.69) is 10.2 Å². The third kappa shape index (κ3) is 6.42. The van der Waals surface area contributed by atoms with Crippen LogP contribution in [-0.2, 0) is 16.1 Å². The number of carboxylic acid groups (broad SMARTS) is 2. The number of ether oxygens (including phenoxy) is 3. The van der Waals surface area contributed by atoms with Crippen molar-refractivity contribution in [3.8, 4) is 28.6 Å². The first kappa shape index (κ1) is 27.2. The Balaban J connectivity index is 1.96. The number of nitrogens with zero attached hydrogens (tertiary/aromatic N) is 3. The van der Waals surface area contributed by atoms with Crippen LogP contribution in [0.4, 0.5) is 0 Å². The number of aliphatic carboxylic acids is 2. The van der Waals surface area contributed by atoms with E-state index in [0.29, 0.717) is 40.2 Å². The van der Waals surface area contributed by atoms with Crippen molar-refractivity contribution in [1.29, 1.82) is 0 Å². The Labute approximate surface area is 220 Å². The maximum Gasteiger partial charge on any atom is 0.342 e. The molecule has 0 amide bonds. The third-order valence-corrected chi connectivity index (χ3v) is 6.27. The molecule has 0 saturated carbocycles. The number of thioether (sulfide) groups is 1. The number of methoxy groups -OCH3 is 2. The van der Waals surface area contributed by atoms with Crippen molar-refractivity contribution in [3.05, 3.63) is 50.8 Å². The van der Waals surface area contributed by atoms with Crippen LogP contribution in [0.25, 0.3) is 17.5 Å². The highest BCUT2D eigenvalue weighted by atomic mass is 35.5. The van der Waals surface area contributed by atoms with Crippen LogP contribution in [0.1, 0.15) is 12.5 Å². The van der Waals surface area contributed by atoms with Crippen LogP contribution in [0, 0.1) is 0 Å². The zero-order valence-electron chi connectivity index (χ0n) is 19.3. The average Bonchev–Trinajstić information content (AvgIpc) is 3.25. The molecule has 10 nitrogen and oxygen atoms in total. The minimum Gasteiger partial charge on any atom is -0.497 e. The molecule has 0 atom stereocenters. The summed E-state index contributed by atoms with van der Waals surface area (Å²) in [5, 5.41) is 27.5. The Hall–Kier alpha value is -3.41. The molecule has 1 heterocycles. The summed E-state index contributed by atoms with van der Waals surface area (Å²) in [6.07, 6.45) is 1.37. The van der Waals surface area contributed by atoms with Crippen molar-refractivity contribution in [3.63, 3.8) is 0 Å². The van der Waals surface area contributed by atoms with Gasteiger partial charge in [-0.25, -0.2) is 9.59 Å². The summed E-state index contributed by atoms with van der Waals surface area (Å²) < 4.78 is 17.5. The van der Waals surface area contributed by atoms with Gasteiger partial charge in [0.2, 0.25) is 0 Å². The molecule has 0 aliphatic rings. The molecule has 36 heavy (non-hydrogen) atoms. The van der Waals surface area contributed by atoms with Gasteiger partial charge < -0.3 is 29.0 Å². The van der Waals surface area contributed by atoms with Gasteiger partial charge in [0.05, 0.1) is 24.3 Å². The second-order valence-corrected chi connectivity index (χ2v) is 8.89. The van der Waals surface area contributed by atoms with Crippen LogP contribution in [0.2, 0.25) is 10.0 Å². The van der Waals surface area contributed by atoms with E-state index < -0.39 is 18.5 Å². The van der Waals surface area contributed by atoms with Crippen molar-refractivity contribution >= 4 is 53.0 Å². The van der Waals surface area contributed by atoms with E-state index in [9.17, 15) is 14.7 Å². The van der Waals surface area contributed by atoms with E-state index in [1.54, 1.807) is 22.8 Å². The van der Waals surface area contributed by atoms with Gasteiger partial charge in [-0.15, -0.1) is 10.2 Å². The van der Waals surface area contributed by atoms with E-state index >= 15 is 0 Å². The quantitative estimate of drug-likeness (QED) is 0.247. The summed E-state index contributed by atoms with van der Waals surface area (Å²) in [5.74, 6) is -0.754. The Bertz CT molecular complexity index is 1280. The normalized spacial score (nSPS) is 11.3. The van der Waals surface area contributed by atoms with Gasteiger partial charge in [0.1, 0.15) is 16.4 Å². The highest BCUT2D eigenvalue weighted by Crippen LogP contribution is 2.37. The monoisotopic (exact) mass is 553 g/mol. The molecule has 0 radical (unpaired) electrons. The molecule has 0 aliphatic heterocycles. The Morgan fingerprint density at radius 2 is 1.64 bits per heavy atom. The minimum atomic E-state index is -1.20. The average molecular weight is 554 g/mol. The fourth-order valence-electron chi connectivity index (χ4n) is 3.12. The first-order chi connectivity index (χ1) is 17.2. The molecule has 190 valence electrons. The minimum absolute atomic E-state index is 0.00787. The predicted octanol–water partition coefficient (Wildman–Crippen LogP) is 4.97. The highest BCUT2D eigenvalue weighted by Gasteiger charge is 2.20. The van der Waals surface area contributed by atoms with Crippen molar-refractivity contribution in [2.75, 3.05) is 20.8 Å². The second-order valence-electron chi connectivity index (χ2n) is 7.06. The Morgan fingerprint density at radius 3 is 2.14 bits per heavy atom. The highest BCUT2D eigenvalue weighted by molar-refractivity contribution is 8.04. The standard InChI is InChI=1S/C23H21Cl2N3O7S/c1-4-28-21(13-8-14(33-2)10-15(9-13)34-3)26-27-23(28)36-18(22(31)32)7-12-5-16(24)20(17(25)6-12)35-11-19(29)30/h5-10H,4,11H2,1-3H3,(H,29,30)(H,31,32)/b18-7-. The fourth-order valence-corrected chi connectivity index (χ4v) is 4.62. The van der Waals surface area contributed by atoms with Crippen LogP contribution in [0.15, 0.2) is 40.4 Å². The van der Waals surface area contributed by atoms with E-state index in [1.807, 2.05) is 6.92 Å². The molecule has 2 aromatic carbocycles. The number of hydrogen-bond acceptors (Lipinski definition) is 8. The topological polar surface area (TPSA) is 133 Å². The number of halogens is 2. The smallest absolute Gasteiger partial charge is 0.342 e. The molecule has 0 bridgehead atoms. The van der Waals surface area contributed by atoms with Gasteiger partial charge in [-0.2, -0.15) is 0 Å². The molecule has 2 N–H and O–H groups in total. The number of carboxylic acids is 2. The summed E-state index contributed by atoms with van der Waals surface area (Å²) >= 11 is 13.3. The Morgan fingerprint density at radius 1 is 1.03 bits per heavy atom. The van der Waals surface area contributed by atoms with Gasteiger partial charge in [-0.1, -0.05) is 23.2 Å². The van der Waals surface area contributed by atoms with E-state index in [1.165, 1.54) is 32.4 Å². The van der Waals surface area contributed by atoms with Crippen molar-refractivity contribution < 1.29 is 34.0 Å². The molecule has 0 aliphatic carbocycles. The van der Waals surface area contributed by atoms with Gasteiger partial charge in [-0.05, 0) is 54.6 Å². The van der Waals surface area contributed by atoms with Crippen LogP contribution in [0.3, 0.4) is 0 Å². The first-order valence-corrected chi connectivity index (χ1v) is 11.9. The van der Waals surface area contributed by atoms with Gasteiger partial charge in [0.25, 0.3) is 0 Å². The van der Waals surface area contributed by atoms with Crippen LogP contribution in [-0.4, -0.2) is 57.7 Å². The van der Waals surface area contributed by atoms with E-state index in [4.69, 9.17) is 42.5 Å². The first-order valence-electron chi connectivity index (χ1n) is 10.3. The van der Waals surface area contributed by atoms with Gasteiger partial charge in [-0.3, -0.25) is 0 Å². The van der Waals surface area contributed by atoms with Crippen LogP contribution >= 0.6 is 35.0 Å². The predicted molar refractivity (Wildman–Crippen MR) is 135 cm³/mol. The molecule has 3 rings (SSSR count). The van der Waals surface area contributed by atoms with Gasteiger partial charge >= 0.3 is 11.9 Å². The zero-order chi connectivity index (χ0) is 26.4. The lowest BCUT2D eigenvalue weighted by Crippen LogP contribution is -2.10. The lowest BCUT2D eigenvalue weighted by molar-refractivity contribution is -0.139. The summed E-state index contributed by atoms with van der Waals surface area (Å²) in [5.41, 5.74) is 1.06. The maximum atomic E-state index is 12.0. The zero-order valence-corrected chi connectivity index (χ0v) is 21.6. The van der Waals surface area contributed by atoms with Gasteiger partial charge in [0.15, 0.2) is 23.3 Å². The number of aromatic nitrogens is 3. The number of benzene rings is 2. The van der Waals surface area contributed by atoms with E-state index in [0.717, 1.165) is 11.8 Å². The second kappa shape index (κ2) is 12.0. The molecule has 0 fully saturated rings. The lowest BCUT2D eigenvalue weighted by atomic mass is 10.2. The van der Waals surface area contributed by atoms with E-state index in [-0.39, 0.29) is 20.7 Å². The number of rotatable bonds is 11. The van der Waals surface area contributed by atoms with Gasteiger partial charge in [0, 0.05) is 18.2 Å². The molecular formula is C23H21Cl2N3O7S. The molecule has 13 heteroatoms. The summed E-state index contributed by atoms with van der Waals surface area (Å²) in [6, 6.07) is 8.13. The van der Waals surface area contributed by atoms with Crippen molar-refractivity contribution in [2.24, 2.45) is 0 Å². The van der Waals surface area contributed by atoms with Crippen molar-refractivity contribution in [2.45, 2.75) is 18.6 Å². The molecule has 0 spiro atoms. The molecule has 0 saturated heterocycles. The molecular weight excluding hydrogens is 533 g/mol. The molecule has 0 unspecified atom stereocenters. The summed E-state index contributed by atoms with van der Waals surface area (Å²) in [4.78, 5) is 22.7. The van der Waals surface area contributed by atoms with Crippen molar-refractivity contribution in [1.82, 2.24) is 14.8 Å².